The Labute approximate surface area is 124 Å². The predicted octanol–water partition coefficient (Wildman–Crippen LogP) is 1.55. The zero-order valence-electron chi connectivity index (χ0n) is 12.0. The number of benzene rings is 1. The van der Waals surface area contributed by atoms with E-state index in [1.165, 1.54) is 13.0 Å². The van der Waals surface area contributed by atoms with Crippen LogP contribution in [-0.2, 0) is 10.0 Å². The summed E-state index contributed by atoms with van der Waals surface area (Å²) in [5.41, 5.74) is 6.00. The van der Waals surface area contributed by atoms with Gasteiger partial charge >= 0.3 is 0 Å². The molecule has 118 valence electrons. The molecule has 1 aliphatic carbocycles. The molecule has 2 unspecified atom stereocenters. The number of nitrogens with one attached hydrogen (secondary N) is 1. The van der Waals surface area contributed by atoms with E-state index in [4.69, 9.17) is 5.73 Å². The zero-order chi connectivity index (χ0) is 15.6. The van der Waals surface area contributed by atoms with Crippen LogP contribution in [0.1, 0.15) is 31.2 Å². The minimum absolute atomic E-state index is 0.0775. The molecule has 1 saturated carbocycles. The largest absolute Gasteiger partial charge is 0.399 e. The van der Waals surface area contributed by atoms with Crippen molar-refractivity contribution in [1.82, 2.24) is 4.72 Å². The number of aryl methyl sites for hydroxylation is 1. The topological polar surface area (TPSA) is 92.4 Å². The Bertz CT molecular complexity index is 619. The first-order valence-electron chi connectivity index (χ1n) is 7.03. The zero-order valence-corrected chi connectivity index (χ0v) is 12.8. The number of halogens is 1. The van der Waals surface area contributed by atoms with Gasteiger partial charge < -0.3 is 10.8 Å². The van der Waals surface area contributed by atoms with Crippen LogP contribution in [-0.4, -0.2) is 26.2 Å². The predicted molar refractivity (Wildman–Crippen MR) is 78.7 cm³/mol. The van der Waals surface area contributed by atoms with E-state index in [1.54, 1.807) is 0 Å². The Hall–Kier alpha value is -1.18. The van der Waals surface area contributed by atoms with Crippen LogP contribution in [0.25, 0.3) is 0 Å². The summed E-state index contributed by atoms with van der Waals surface area (Å²) >= 11 is 0. The molecule has 0 amide bonds. The number of anilines is 1. The molecular weight excluding hydrogens is 295 g/mol. The van der Waals surface area contributed by atoms with Gasteiger partial charge in [-0.2, -0.15) is 0 Å². The Morgan fingerprint density at radius 1 is 1.43 bits per heavy atom. The number of rotatable bonds is 4. The van der Waals surface area contributed by atoms with Gasteiger partial charge in [-0.3, -0.25) is 0 Å². The second-order valence-electron chi connectivity index (χ2n) is 5.69. The standard InChI is InChI=1S/C14H21FN2O3S/c1-9-5-11(16)7-13(14(9)15)21(19,20)17-8-10-3-2-4-12(18)6-10/h5,7,10,12,17-18H,2-4,6,8,16H2,1H3. The summed E-state index contributed by atoms with van der Waals surface area (Å²) in [5.74, 6) is -0.700. The summed E-state index contributed by atoms with van der Waals surface area (Å²) in [7, 11) is -3.94. The minimum Gasteiger partial charge on any atom is -0.399 e. The van der Waals surface area contributed by atoms with Gasteiger partial charge in [0.1, 0.15) is 10.7 Å². The Morgan fingerprint density at radius 3 is 2.81 bits per heavy atom. The summed E-state index contributed by atoms with van der Waals surface area (Å²) in [5, 5.41) is 9.59. The molecule has 0 aromatic heterocycles. The van der Waals surface area contributed by atoms with Gasteiger partial charge in [0, 0.05) is 12.2 Å². The quantitative estimate of drug-likeness (QED) is 0.735. The fourth-order valence-electron chi connectivity index (χ4n) is 2.71. The molecule has 7 heteroatoms. The van der Waals surface area contributed by atoms with Crippen LogP contribution in [0.3, 0.4) is 0 Å². The van der Waals surface area contributed by atoms with E-state index in [0.29, 0.717) is 6.42 Å². The number of hydrogen-bond donors (Lipinski definition) is 3. The number of sulfonamides is 1. The van der Waals surface area contributed by atoms with Gasteiger partial charge in [0.15, 0.2) is 0 Å². The van der Waals surface area contributed by atoms with Crippen molar-refractivity contribution in [2.75, 3.05) is 12.3 Å². The monoisotopic (exact) mass is 316 g/mol. The first kappa shape index (κ1) is 16.2. The molecule has 1 aromatic rings. The molecule has 4 N–H and O–H groups in total. The van der Waals surface area contributed by atoms with Crippen LogP contribution in [0.4, 0.5) is 10.1 Å². The van der Waals surface area contributed by atoms with Gasteiger partial charge in [-0.25, -0.2) is 17.5 Å². The van der Waals surface area contributed by atoms with Gasteiger partial charge in [0.2, 0.25) is 10.0 Å². The molecule has 1 fully saturated rings. The number of aliphatic hydroxyl groups is 1. The average Bonchev–Trinajstić information content (AvgIpc) is 2.41. The van der Waals surface area contributed by atoms with Gasteiger partial charge in [-0.15, -0.1) is 0 Å². The average molecular weight is 316 g/mol. The Morgan fingerprint density at radius 2 is 2.14 bits per heavy atom. The molecule has 5 nitrogen and oxygen atoms in total. The summed E-state index contributed by atoms with van der Waals surface area (Å²) < 4.78 is 40.8. The molecule has 0 spiro atoms. The molecule has 0 aliphatic heterocycles. The SMILES string of the molecule is Cc1cc(N)cc(S(=O)(=O)NCC2CCCC(O)C2)c1F. The molecule has 1 aromatic carbocycles. The minimum atomic E-state index is -3.94. The van der Waals surface area contributed by atoms with E-state index in [1.807, 2.05) is 0 Å². The molecule has 0 saturated heterocycles. The normalized spacial score (nSPS) is 23.2. The van der Waals surface area contributed by atoms with Crippen molar-refractivity contribution in [3.05, 3.63) is 23.5 Å². The van der Waals surface area contributed by atoms with Crippen LogP contribution >= 0.6 is 0 Å². The molecule has 21 heavy (non-hydrogen) atoms. The molecule has 2 rings (SSSR count). The lowest BCUT2D eigenvalue weighted by atomic mass is 9.87. The number of nitrogens with two attached hydrogens (primary N) is 1. The third-order valence-electron chi connectivity index (χ3n) is 3.85. The molecule has 0 heterocycles. The fraction of sp³-hybridized carbons (Fsp3) is 0.571. The summed E-state index contributed by atoms with van der Waals surface area (Å²) in [6, 6.07) is 2.52. The van der Waals surface area contributed by atoms with E-state index in [0.717, 1.165) is 25.3 Å². The second-order valence-corrected chi connectivity index (χ2v) is 7.42. The number of hydrogen-bond acceptors (Lipinski definition) is 4. The van der Waals surface area contributed by atoms with Crippen LogP contribution in [0.2, 0.25) is 0 Å². The third-order valence-corrected chi connectivity index (χ3v) is 5.27. The third kappa shape index (κ3) is 3.93. The Balaban J connectivity index is 2.12. The maximum absolute atomic E-state index is 14.0. The van der Waals surface area contributed by atoms with Crippen molar-refractivity contribution in [3.63, 3.8) is 0 Å². The number of nitrogen functional groups attached to an aromatic ring is 1. The van der Waals surface area contributed by atoms with Crippen molar-refractivity contribution in [3.8, 4) is 0 Å². The van der Waals surface area contributed by atoms with Crippen molar-refractivity contribution < 1.29 is 17.9 Å². The summed E-state index contributed by atoms with van der Waals surface area (Å²) in [6.45, 7) is 1.68. The molecule has 2 atom stereocenters. The first-order valence-corrected chi connectivity index (χ1v) is 8.51. The highest BCUT2D eigenvalue weighted by Crippen LogP contribution is 2.25. The Kier molecular flexibility index (Phi) is 4.85. The van der Waals surface area contributed by atoms with Crippen molar-refractivity contribution in [2.24, 2.45) is 5.92 Å². The molecule has 0 radical (unpaired) electrons. The molecular formula is C14H21FN2O3S. The fourth-order valence-corrected chi connectivity index (χ4v) is 4.01. The summed E-state index contributed by atoms with van der Waals surface area (Å²) in [6.07, 6.45) is 2.68. The highest BCUT2D eigenvalue weighted by atomic mass is 32.2. The van der Waals surface area contributed by atoms with Crippen molar-refractivity contribution in [2.45, 2.75) is 43.6 Å². The van der Waals surface area contributed by atoms with Crippen LogP contribution < -0.4 is 10.5 Å². The van der Waals surface area contributed by atoms with Gasteiger partial charge in [0.05, 0.1) is 6.10 Å². The highest BCUT2D eigenvalue weighted by Gasteiger charge is 2.25. The molecule has 0 bridgehead atoms. The van der Waals surface area contributed by atoms with E-state index in [9.17, 15) is 17.9 Å². The molecule has 1 aliphatic rings. The van der Waals surface area contributed by atoms with Gasteiger partial charge in [-0.1, -0.05) is 6.42 Å². The van der Waals surface area contributed by atoms with Crippen LogP contribution in [0.15, 0.2) is 17.0 Å². The maximum atomic E-state index is 14.0. The second kappa shape index (κ2) is 6.29. The lowest BCUT2D eigenvalue weighted by Crippen LogP contribution is -2.33. The van der Waals surface area contributed by atoms with Crippen LogP contribution in [0, 0.1) is 18.7 Å². The van der Waals surface area contributed by atoms with Crippen molar-refractivity contribution >= 4 is 15.7 Å². The first-order chi connectivity index (χ1) is 9.79. The van der Waals surface area contributed by atoms with E-state index < -0.39 is 20.7 Å². The van der Waals surface area contributed by atoms with E-state index in [-0.39, 0.29) is 29.8 Å². The lowest BCUT2D eigenvalue weighted by Gasteiger charge is -2.25. The van der Waals surface area contributed by atoms with E-state index >= 15 is 0 Å². The van der Waals surface area contributed by atoms with Gasteiger partial charge in [0.25, 0.3) is 0 Å². The summed E-state index contributed by atoms with van der Waals surface area (Å²) in [4.78, 5) is -0.420. The van der Waals surface area contributed by atoms with Gasteiger partial charge in [-0.05, 0) is 49.8 Å². The lowest BCUT2D eigenvalue weighted by molar-refractivity contribution is 0.102. The maximum Gasteiger partial charge on any atom is 0.243 e. The van der Waals surface area contributed by atoms with Crippen molar-refractivity contribution in [1.29, 1.82) is 0 Å². The van der Waals surface area contributed by atoms with E-state index in [2.05, 4.69) is 4.72 Å². The highest BCUT2D eigenvalue weighted by molar-refractivity contribution is 7.89. The number of aliphatic hydroxyl groups excluding tert-OH is 1. The smallest absolute Gasteiger partial charge is 0.243 e. The van der Waals surface area contributed by atoms with Crippen LogP contribution in [0.5, 0.6) is 0 Å².